The van der Waals surface area contributed by atoms with Crippen molar-refractivity contribution in [3.63, 3.8) is 0 Å². The minimum Gasteiger partial charge on any atom is -0.481 e. The van der Waals surface area contributed by atoms with Crippen molar-refractivity contribution in [1.82, 2.24) is 14.9 Å². The van der Waals surface area contributed by atoms with Crippen LogP contribution in [-0.4, -0.2) is 67.2 Å². The number of aromatic nitrogens is 2. The summed E-state index contributed by atoms with van der Waals surface area (Å²) in [6.07, 6.45) is 5.21. The SMILES string of the molecule is COc1cc2c(N3CCN(CCCCOc4ccc5c(n4)NC(=O)CC5)CC3)cccc2cn1. The highest BCUT2D eigenvalue weighted by Gasteiger charge is 2.19. The number of piperazine rings is 1. The van der Waals surface area contributed by atoms with E-state index < -0.39 is 0 Å². The van der Waals surface area contributed by atoms with E-state index in [1.807, 2.05) is 24.4 Å². The van der Waals surface area contributed by atoms with Crippen LogP contribution in [0.25, 0.3) is 10.8 Å². The molecule has 1 N–H and O–H groups in total. The number of pyridine rings is 2. The van der Waals surface area contributed by atoms with Gasteiger partial charge in [0, 0.05) is 67.4 Å². The normalized spacial score (nSPS) is 16.3. The van der Waals surface area contributed by atoms with Crippen molar-refractivity contribution < 1.29 is 14.3 Å². The van der Waals surface area contributed by atoms with E-state index in [0.29, 0.717) is 30.6 Å². The second kappa shape index (κ2) is 10.3. The number of nitrogens with zero attached hydrogens (tertiary/aromatic N) is 4. The fraction of sp³-hybridized carbons (Fsp3) is 0.423. The standard InChI is InChI=1S/C26H31N5O3/c1-33-25-17-21-20(18-27-25)5-4-6-22(21)31-14-12-30(13-15-31)11-2-3-16-34-24-10-8-19-7-9-23(32)28-26(19)29-24/h4-6,8,10,17-18H,2-3,7,9,11-16H2,1H3,(H,28,29,32). The van der Waals surface area contributed by atoms with Gasteiger partial charge >= 0.3 is 0 Å². The van der Waals surface area contributed by atoms with Crippen LogP contribution in [-0.2, 0) is 11.2 Å². The van der Waals surface area contributed by atoms with Gasteiger partial charge in [0.1, 0.15) is 5.82 Å². The number of nitrogens with one attached hydrogen (secondary N) is 1. The third-order valence-electron chi connectivity index (χ3n) is 6.59. The molecule has 34 heavy (non-hydrogen) atoms. The summed E-state index contributed by atoms with van der Waals surface area (Å²) in [4.78, 5) is 25.3. The van der Waals surface area contributed by atoms with Crippen molar-refractivity contribution in [2.75, 3.05) is 56.7 Å². The highest BCUT2D eigenvalue weighted by atomic mass is 16.5. The van der Waals surface area contributed by atoms with Gasteiger partial charge in [0.05, 0.1) is 13.7 Å². The Morgan fingerprint density at radius 2 is 1.91 bits per heavy atom. The summed E-state index contributed by atoms with van der Waals surface area (Å²) in [6.45, 7) is 5.80. The summed E-state index contributed by atoms with van der Waals surface area (Å²) in [5.41, 5.74) is 2.32. The quantitative estimate of drug-likeness (QED) is 0.514. The molecule has 2 aliphatic heterocycles. The zero-order chi connectivity index (χ0) is 23.3. The number of rotatable bonds is 8. The molecular weight excluding hydrogens is 430 g/mol. The minimum absolute atomic E-state index is 0.0226. The first-order valence-electron chi connectivity index (χ1n) is 12.0. The number of hydrogen-bond donors (Lipinski definition) is 1. The summed E-state index contributed by atoms with van der Waals surface area (Å²) >= 11 is 0. The van der Waals surface area contributed by atoms with Crippen LogP contribution < -0.4 is 19.7 Å². The number of unbranched alkanes of at least 4 members (excludes halogenated alkanes) is 1. The molecule has 1 aromatic carbocycles. The van der Waals surface area contributed by atoms with Crippen molar-refractivity contribution in [3.8, 4) is 11.8 Å². The summed E-state index contributed by atoms with van der Waals surface area (Å²) in [5.74, 6) is 1.90. The molecule has 2 aliphatic rings. The third kappa shape index (κ3) is 5.07. The Morgan fingerprint density at radius 3 is 2.76 bits per heavy atom. The van der Waals surface area contributed by atoms with Crippen molar-refractivity contribution in [1.29, 1.82) is 0 Å². The summed E-state index contributed by atoms with van der Waals surface area (Å²) in [5, 5.41) is 5.15. The molecule has 178 valence electrons. The number of hydrogen-bond acceptors (Lipinski definition) is 7. The second-order valence-corrected chi connectivity index (χ2v) is 8.81. The van der Waals surface area contributed by atoms with E-state index in [9.17, 15) is 4.79 Å². The van der Waals surface area contributed by atoms with Crippen molar-refractivity contribution in [2.45, 2.75) is 25.7 Å². The number of amides is 1. The summed E-state index contributed by atoms with van der Waals surface area (Å²) in [7, 11) is 1.66. The Balaban J connectivity index is 1.06. The summed E-state index contributed by atoms with van der Waals surface area (Å²) in [6, 6.07) is 12.3. The molecule has 3 aromatic rings. The molecule has 0 bridgehead atoms. The van der Waals surface area contributed by atoms with Gasteiger partial charge in [0.15, 0.2) is 0 Å². The Hall–Kier alpha value is -3.39. The molecule has 5 rings (SSSR count). The van der Waals surface area contributed by atoms with Crippen molar-refractivity contribution in [3.05, 3.63) is 48.2 Å². The first-order valence-corrected chi connectivity index (χ1v) is 12.0. The van der Waals surface area contributed by atoms with Gasteiger partial charge in [0.25, 0.3) is 0 Å². The van der Waals surface area contributed by atoms with Crippen LogP contribution in [0, 0.1) is 0 Å². The molecule has 0 aliphatic carbocycles. The Labute approximate surface area is 199 Å². The maximum atomic E-state index is 11.6. The van der Waals surface area contributed by atoms with Crippen LogP contribution in [0.15, 0.2) is 42.6 Å². The highest BCUT2D eigenvalue weighted by molar-refractivity contribution is 5.94. The molecule has 0 atom stereocenters. The van der Waals surface area contributed by atoms with Crippen LogP contribution >= 0.6 is 0 Å². The van der Waals surface area contributed by atoms with Gasteiger partial charge in [-0.3, -0.25) is 9.69 Å². The van der Waals surface area contributed by atoms with E-state index in [2.05, 4.69) is 43.3 Å². The first kappa shape index (κ1) is 22.4. The van der Waals surface area contributed by atoms with E-state index in [0.717, 1.165) is 62.9 Å². The maximum absolute atomic E-state index is 11.6. The lowest BCUT2D eigenvalue weighted by molar-refractivity contribution is -0.116. The van der Waals surface area contributed by atoms with Gasteiger partial charge in [-0.05, 0) is 43.5 Å². The van der Waals surface area contributed by atoms with E-state index in [1.54, 1.807) is 7.11 Å². The van der Waals surface area contributed by atoms with E-state index in [1.165, 1.54) is 11.1 Å². The van der Waals surface area contributed by atoms with Gasteiger partial charge in [-0.15, -0.1) is 0 Å². The number of carbonyl (C=O) groups is 1. The number of ether oxygens (including phenoxy) is 2. The molecule has 1 amide bonds. The molecule has 1 saturated heterocycles. The average molecular weight is 462 g/mol. The lowest BCUT2D eigenvalue weighted by atomic mass is 10.1. The van der Waals surface area contributed by atoms with Gasteiger partial charge < -0.3 is 19.7 Å². The molecule has 4 heterocycles. The predicted molar refractivity (Wildman–Crippen MR) is 133 cm³/mol. The summed E-state index contributed by atoms with van der Waals surface area (Å²) < 4.78 is 11.2. The highest BCUT2D eigenvalue weighted by Crippen LogP contribution is 2.29. The average Bonchev–Trinajstić information content (AvgIpc) is 2.88. The van der Waals surface area contributed by atoms with E-state index in [4.69, 9.17) is 9.47 Å². The van der Waals surface area contributed by atoms with Gasteiger partial charge in [0.2, 0.25) is 17.7 Å². The van der Waals surface area contributed by atoms with Crippen molar-refractivity contribution >= 4 is 28.2 Å². The monoisotopic (exact) mass is 461 g/mol. The molecule has 1 fully saturated rings. The van der Waals surface area contributed by atoms with E-state index >= 15 is 0 Å². The number of carbonyl (C=O) groups excluding carboxylic acids is 1. The Kier molecular flexibility index (Phi) is 6.76. The molecule has 8 heteroatoms. The predicted octanol–water partition coefficient (Wildman–Crippen LogP) is 3.50. The van der Waals surface area contributed by atoms with Crippen LogP contribution in [0.4, 0.5) is 11.5 Å². The lowest BCUT2D eigenvalue weighted by Gasteiger charge is -2.36. The van der Waals surface area contributed by atoms with Crippen LogP contribution in [0.3, 0.4) is 0 Å². The largest absolute Gasteiger partial charge is 0.481 e. The second-order valence-electron chi connectivity index (χ2n) is 8.81. The van der Waals surface area contributed by atoms with Gasteiger partial charge in [-0.2, -0.15) is 4.98 Å². The zero-order valence-electron chi connectivity index (χ0n) is 19.6. The lowest BCUT2D eigenvalue weighted by Crippen LogP contribution is -2.46. The van der Waals surface area contributed by atoms with Crippen LogP contribution in [0.1, 0.15) is 24.8 Å². The molecule has 0 radical (unpaired) electrons. The van der Waals surface area contributed by atoms with E-state index in [-0.39, 0.29) is 5.91 Å². The fourth-order valence-corrected chi connectivity index (χ4v) is 4.65. The molecule has 0 spiro atoms. The Morgan fingerprint density at radius 1 is 1.03 bits per heavy atom. The number of fused-ring (bicyclic) bond motifs is 2. The van der Waals surface area contributed by atoms with Gasteiger partial charge in [-0.25, -0.2) is 4.98 Å². The van der Waals surface area contributed by atoms with Crippen LogP contribution in [0.2, 0.25) is 0 Å². The number of benzene rings is 1. The first-order chi connectivity index (χ1) is 16.7. The molecule has 2 aromatic heterocycles. The third-order valence-corrected chi connectivity index (χ3v) is 6.59. The molecule has 0 unspecified atom stereocenters. The molecule has 8 nitrogen and oxygen atoms in total. The molecule has 0 saturated carbocycles. The number of anilines is 2. The van der Waals surface area contributed by atoms with Crippen molar-refractivity contribution in [2.24, 2.45) is 0 Å². The zero-order valence-corrected chi connectivity index (χ0v) is 19.6. The minimum atomic E-state index is 0.0226. The maximum Gasteiger partial charge on any atom is 0.225 e. The topological polar surface area (TPSA) is 79.8 Å². The van der Waals surface area contributed by atoms with Gasteiger partial charge in [-0.1, -0.05) is 12.1 Å². The molecular formula is C26H31N5O3. The Bertz CT molecular complexity index is 1160. The van der Waals surface area contributed by atoms with Crippen LogP contribution in [0.5, 0.6) is 11.8 Å². The fourth-order valence-electron chi connectivity index (χ4n) is 4.65. The number of methoxy groups -OCH3 is 1. The number of aryl methyl sites for hydroxylation is 1. The smallest absolute Gasteiger partial charge is 0.225 e.